The summed E-state index contributed by atoms with van der Waals surface area (Å²) in [7, 11) is 4.03. The molecule has 0 saturated carbocycles. The van der Waals surface area contributed by atoms with Crippen LogP contribution in [-0.4, -0.2) is 33.1 Å². The summed E-state index contributed by atoms with van der Waals surface area (Å²) in [5.74, 6) is 0.342. The third kappa shape index (κ3) is 6.38. The Morgan fingerprint density at radius 3 is 1.86 bits per heavy atom. The van der Waals surface area contributed by atoms with E-state index in [2.05, 4.69) is 61.8 Å². The quantitative estimate of drug-likeness (QED) is 0.538. The van der Waals surface area contributed by atoms with Crippen LogP contribution in [0.15, 0.2) is 60.7 Å². The van der Waals surface area contributed by atoms with Crippen LogP contribution in [-0.2, 0) is 11.3 Å². The van der Waals surface area contributed by atoms with Gasteiger partial charge in [-0.15, -0.1) is 0 Å². The van der Waals surface area contributed by atoms with Crippen molar-refractivity contribution in [3.63, 3.8) is 0 Å². The van der Waals surface area contributed by atoms with Gasteiger partial charge in [0.25, 0.3) is 5.91 Å². The summed E-state index contributed by atoms with van der Waals surface area (Å²) in [6.45, 7) is 11.0. The van der Waals surface area contributed by atoms with Crippen molar-refractivity contribution in [1.29, 1.82) is 0 Å². The third-order valence-electron chi connectivity index (χ3n) is 4.97. The van der Waals surface area contributed by atoms with Gasteiger partial charge in [0.15, 0.2) is 0 Å². The minimum absolute atomic E-state index is 0.00382. The van der Waals surface area contributed by atoms with Crippen LogP contribution in [0.1, 0.15) is 33.3 Å². The highest BCUT2D eigenvalue weighted by atomic mass is 16.2. The first-order valence-corrected chi connectivity index (χ1v) is 10.5. The predicted molar refractivity (Wildman–Crippen MR) is 126 cm³/mol. The second-order valence-electron chi connectivity index (χ2n) is 7.78. The highest BCUT2D eigenvalue weighted by Crippen LogP contribution is 2.23. The molecule has 29 heavy (non-hydrogen) atoms. The van der Waals surface area contributed by atoms with E-state index < -0.39 is 0 Å². The maximum absolute atomic E-state index is 13.0. The van der Waals surface area contributed by atoms with Crippen molar-refractivity contribution in [3.05, 3.63) is 66.2 Å². The Morgan fingerprint density at radius 2 is 1.38 bits per heavy atom. The maximum atomic E-state index is 13.0. The Bertz CT molecular complexity index is 788. The molecule has 0 aliphatic heterocycles. The fraction of sp³-hybridized carbons (Fsp3) is 0.400. The van der Waals surface area contributed by atoms with E-state index in [4.69, 9.17) is 0 Å². The van der Waals surface area contributed by atoms with Crippen LogP contribution >= 0.6 is 0 Å². The molecule has 0 heterocycles. The lowest BCUT2D eigenvalue weighted by Gasteiger charge is -2.24. The zero-order valence-electron chi connectivity index (χ0n) is 18.7. The van der Waals surface area contributed by atoms with Gasteiger partial charge in [0.1, 0.15) is 0 Å². The van der Waals surface area contributed by atoms with E-state index in [-0.39, 0.29) is 5.91 Å². The van der Waals surface area contributed by atoms with Gasteiger partial charge in [-0.3, -0.25) is 4.79 Å². The normalized spacial score (nSPS) is 11.1. The van der Waals surface area contributed by atoms with Gasteiger partial charge >= 0.3 is 0 Å². The summed E-state index contributed by atoms with van der Waals surface area (Å²) in [5, 5.41) is 0. The van der Waals surface area contributed by atoms with Crippen LogP contribution < -0.4 is 14.7 Å². The lowest BCUT2D eigenvalue weighted by atomic mass is 10.1. The molecule has 156 valence electrons. The van der Waals surface area contributed by atoms with E-state index in [1.807, 2.05) is 49.3 Å². The van der Waals surface area contributed by atoms with Gasteiger partial charge in [-0.05, 0) is 67.8 Å². The fourth-order valence-corrected chi connectivity index (χ4v) is 3.18. The van der Waals surface area contributed by atoms with Gasteiger partial charge in [-0.1, -0.05) is 32.1 Å². The second kappa shape index (κ2) is 10.7. The largest absolute Gasteiger partial charge is 0.378 e. The lowest BCUT2D eigenvalue weighted by Crippen LogP contribution is -2.29. The van der Waals surface area contributed by atoms with Crippen LogP contribution in [0.4, 0.5) is 17.1 Å². The van der Waals surface area contributed by atoms with Crippen molar-refractivity contribution < 1.29 is 4.79 Å². The minimum atomic E-state index is 0.00382. The molecule has 2 aromatic rings. The fourth-order valence-electron chi connectivity index (χ4n) is 3.18. The molecule has 2 aromatic carbocycles. The summed E-state index contributed by atoms with van der Waals surface area (Å²) in [6.07, 6.45) is 3.64. The zero-order valence-corrected chi connectivity index (χ0v) is 18.7. The summed E-state index contributed by atoms with van der Waals surface area (Å²) in [5.41, 5.74) is 4.35. The summed E-state index contributed by atoms with van der Waals surface area (Å²) in [4.78, 5) is 19.2. The number of carbonyl (C=O) groups excluding carboxylic acids is 1. The Morgan fingerprint density at radius 1 is 0.862 bits per heavy atom. The summed E-state index contributed by atoms with van der Waals surface area (Å²) < 4.78 is 0. The van der Waals surface area contributed by atoms with Crippen molar-refractivity contribution in [2.75, 3.05) is 41.9 Å². The van der Waals surface area contributed by atoms with Gasteiger partial charge in [-0.2, -0.15) is 0 Å². The van der Waals surface area contributed by atoms with E-state index in [1.54, 1.807) is 6.08 Å². The number of allylic oxidation sites excluding steroid dienone is 1. The highest BCUT2D eigenvalue weighted by molar-refractivity contribution is 6.01. The van der Waals surface area contributed by atoms with Crippen molar-refractivity contribution >= 4 is 23.0 Å². The Balaban J connectivity index is 2.28. The molecule has 0 aromatic heterocycles. The van der Waals surface area contributed by atoms with E-state index in [1.165, 1.54) is 5.69 Å². The second-order valence-corrected chi connectivity index (χ2v) is 7.78. The first-order chi connectivity index (χ1) is 13.8. The molecule has 0 aliphatic rings. The van der Waals surface area contributed by atoms with Crippen LogP contribution in [0.2, 0.25) is 0 Å². The Hall–Kier alpha value is -2.75. The van der Waals surface area contributed by atoms with Crippen molar-refractivity contribution in [3.8, 4) is 0 Å². The first kappa shape index (κ1) is 22.5. The molecule has 0 aliphatic carbocycles. The Kier molecular flexibility index (Phi) is 8.32. The van der Waals surface area contributed by atoms with E-state index in [0.717, 1.165) is 30.0 Å². The first-order valence-electron chi connectivity index (χ1n) is 10.5. The minimum Gasteiger partial charge on any atom is -0.378 e. The molecule has 0 bridgehead atoms. The average Bonchev–Trinajstić information content (AvgIpc) is 2.72. The molecule has 0 unspecified atom stereocenters. The standard InChI is InChI=1S/C25H35N3O/c1-7-27(8-2)23-12-10-21(11-13-23)19-28(25(29)18-9-20(3)4)24-16-14-22(15-17-24)26(5)6/h9-18,20H,7-8,19H2,1-6H3. The molecule has 1 amide bonds. The number of carbonyl (C=O) groups is 1. The van der Waals surface area contributed by atoms with Crippen LogP contribution in [0, 0.1) is 5.92 Å². The number of rotatable bonds is 9. The molecule has 4 heteroatoms. The van der Waals surface area contributed by atoms with E-state index in [0.29, 0.717) is 12.5 Å². The van der Waals surface area contributed by atoms with E-state index in [9.17, 15) is 4.79 Å². The van der Waals surface area contributed by atoms with Gasteiger partial charge < -0.3 is 14.7 Å². The van der Waals surface area contributed by atoms with Crippen molar-refractivity contribution in [2.24, 2.45) is 5.92 Å². The molecule has 0 saturated heterocycles. The molecule has 0 radical (unpaired) electrons. The number of nitrogens with zero attached hydrogens (tertiary/aromatic N) is 3. The number of hydrogen-bond acceptors (Lipinski definition) is 3. The molecular weight excluding hydrogens is 358 g/mol. The topological polar surface area (TPSA) is 26.8 Å². The summed E-state index contributed by atoms with van der Waals surface area (Å²) >= 11 is 0. The summed E-state index contributed by atoms with van der Waals surface area (Å²) in [6, 6.07) is 16.6. The van der Waals surface area contributed by atoms with Crippen LogP contribution in [0.5, 0.6) is 0 Å². The molecule has 4 nitrogen and oxygen atoms in total. The highest BCUT2D eigenvalue weighted by Gasteiger charge is 2.15. The monoisotopic (exact) mass is 393 g/mol. The number of hydrogen-bond donors (Lipinski definition) is 0. The van der Waals surface area contributed by atoms with Crippen LogP contribution in [0.25, 0.3) is 0 Å². The van der Waals surface area contributed by atoms with Crippen molar-refractivity contribution in [2.45, 2.75) is 34.2 Å². The zero-order chi connectivity index (χ0) is 21.4. The van der Waals surface area contributed by atoms with Gasteiger partial charge in [-0.25, -0.2) is 0 Å². The number of amides is 1. The maximum Gasteiger partial charge on any atom is 0.250 e. The molecule has 0 spiro atoms. The molecule has 2 rings (SSSR count). The molecular formula is C25H35N3O. The smallest absolute Gasteiger partial charge is 0.250 e. The number of anilines is 3. The van der Waals surface area contributed by atoms with Gasteiger partial charge in [0.2, 0.25) is 0 Å². The van der Waals surface area contributed by atoms with Gasteiger partial charge in [0.05, 0.1) is 6.54 Å². The SMILES string of the molecule is CCN(CC)c1ccc(CN(C(=O)C=CC(C)C)c2ccc(N(C)C)cc2)cc1. The third-order valence-corrected chi connectivity index (χ3v) is 4.97. The van der Waals surface area contributed by atoms with E-state index >= 15 is 0 Å². The lowest BCUT2D eigenvalue weighted by molar-refractivity contribution is -0.114. The predicted octanol–water partition coefficient (Wildman–Crippen LogP) is 5.34. The van der Waals surface area contributed by atoms with Gasteiger partial charge in [0, 0.05) is 44.2 Å². The van der Waals surface area contributed by atoms with Crippen LogP contribution in [0.3, 0.4) is 0 Å². The number of benzene rings is 2. The van der Waals surface area contributed by atoms with Crippen molar-refractivity contribution in [1.82, 2.24) is 0 Å². The Labute approximate surface area is 176 Å². The average molecular weight is 394 g/mol. The molecule has 0 atom stereocenters. The molecule has 0 fully saturated rings. The molecule has 0 N–H and O–H groups in total.